The molecular weight excluding hydrogens is 296 g/mol. The van der Waals surface area contributed by atoms with Gasteiger partial charge in [0.25, 0.3) is 0 Å². The molecule has 2 aromatic carbocycles. The smallest absolute Gasteiger partial charge is 0.233 e. The maximum Gasteiger partial charge on any atom is 0.233 e. The molecule has 0 bridgehead atoms. The summed E-state index contributed by atoms with van der Waals surface area (Å²) in [5.41, 5.74) is 1.26. The highest BCUT2D eigenvalue weighted by molar-refractivity contribution is 5.85. The molecule has 4 heteroatoms. The van der Waals surface area contributed by atoms with Crippen LogP contribution in [0.2, 0.25) is 0 Å². The standard InChI is InChI=1S/C18H22N2O.ClH/c21-18(13-19-12-15-5-6-15)20-10-9-14-7-8-16-3-1-2-4-17(16)11-14;/h1-4,7-8,11,15,19H,5-6,9-10,12-13H2,(H,20,21);1H. The van der Waals surface area contributed by atoms with Gasteiger partial charge < -0.3 is 10.6 Å². The van der Waals surface area contributed by atoms with E-state index in [0.29, 0.717) is 13.1 Å². The predicted molar refractivity (Wildman–Crippen MR) is 93.5 cm³/mol. The van der Waals surface area contributed by atoms with Gasteiger partial charge in [-0.25, -0.2) is 0 Å². The molecule has 0 radical (unpaired) electrons. The summed E-state index contributed by atoms with van der Waals surface area (Å²) >= 11 is 0. The Balaban J connectivity index is 0.00000176. The summed E-state index contributed by atoms with van der Waals surface area (Å²) in [6.07, 6.45) is 3.51. The summed E-state index contributed by atoms with van der Waals surface area (Å²) in [6, 6.07) is 14.8. The van der Waals surface area contributed by atoms with E-state index in [1.54, 1.807) is 0 Å². The van der Waals surface area contributed by atoms with Crippen LogP contribution in [-0.2, 0) is 11.2 Å². The highest BCUT2D eigenvalue weighted by Gasteiger charge is 2.20. The molecule has 3 nitrogen and oxygen atoms in total. The molecule has 1 aliphatic rings. The fourth-order valence-corrected chi connectivity index (χ4v) is 2.51. The van der Waals surface area contributed by atoms with Crippen molar-refractivity contribution < 1.29 is 4.79 Å². The normalized spacial score (nSPS) is 13.6. The van der Waals surface area contributed by atoms with Crippen LogP contribution in [0.15, 0.2) is 42.5 Å². The zero-order valence-electron chi connectivity index (χ0n) is 12.7. The van der Waals surface area contributed by atoms with Crippen LogP contribution < -0.4 is 10.6 Å². The quantitative estimate of drug-likeness (QED) is 0.824. The summed E-state index contributed by atoms with van der Waals surface area (Å²) in [5, 5.41) is 8.70. The Morgan fingerprint density at radius 3 is 2.64 bits per heavy atom. The Labute approximate surface area is 137 Å². The molecule has 3 rings (SSSR count). The first-order valence-corrected chi connectivity index (χ1v) is 7.76. The molecular formula is C18H23ClN2O. The Morgan fingerprint density at radius 1 is 1.09 bits per heavy atom. The van der Waals surface area contributed by atoms with E-state index in [9.17, 15) is 4.79 Å². The SMILES string of the molecule is Cl.O=C(CNCC1CC1)NCCc1ccc2ccccc2c1. The van der Waals surface area contributed by atoms with Crippen LogP contribution in [0.4, 0.5) is 0 Å². The van der Waals surface area contributed by atoms with Gasteiger partial charge in [-0.2, -0.15) is 0 Å². The molecule has 0 aromatic heterocycles. The van der Waals surface area contributed by atoms with Gasteiger partial charge in [0.1, 0.15) is 0 Å². The van der Waals surface area contributed by atoms with Gasteiger partial charge in [-0.15, -0.1) is 12.4 Å². The monoisotopic (exact) mass is 318 g/mol. The molecule has 0 spiro atoms. The first-order valence-electron chi connectivity index (χ1n) is 7.76. The lowest BCUT2D eigenvalue weighted by atomic mass is 10.1. The van der Waals surface area contributed by atoms with Crippen LogP contribution in [-0.4, -0.2) is 25.5 Å². The van der Waals surface area contributed by atoms with Crippen molar-refractivity contribution in [2.45, 2.75) is 19.3 Å². The molecule has 22 heavy (non-hydrogen) atoms. The number of fused-ring (bicyclic) bond motifs is 1. The van der Waals surface area contributed by atoms with Gasteiger partial charge in [-0.1, -0.05) is 42.5 Å². The topological polar surface area (TPSA) is 41.1 Å². The number of carbonyl (C=O) groups excluding carboxylic acids is 1. The van der Waals surface area contributed by atoms with Gasteiger partial charge in [0.15, 0.2) is 0 Å². The van der Waals surface area contributed by atoms with Gasteiger partial charge in [0, 0.05) is 6.54 Å². The molecule has 0 saturated heterocycles. The lowest BCUT2D eigenvalue weighted by Gasteiger charge is -2.07. The van der Waals surface area contributed by atoms with Gasteiger partial charge in [-0.3, -0.25) is 4.79 Å². The molecule has 0 aliphatic heterocycles. The maximum absolute atomic E-state index is 11.7. The second-order valence-corrected chi connectivity index (χ2v) is 5.86. The minimum absolute atomic E-state index is 0. The average Bonchev–Trinajstić information content (AvgIpc) is 3.31. The maximum atomic E-state index is 11.7. The third-order valence-electron chi connectivity index (χ3n) is 3.97. The molecule has 0 heterocycles. The molecule has 0 atom stereocenters. The van der Waals surface area contributed by atoms with Gasteiger partial charge in [0.05, 0.1) is 6.54 Å². The Kier molecular flexibility index (Phi) is 6.22. The molecule has 1 amide bonds. The summed E-state index contributed by atoms with van der Waals surface area (Å²) < 4.78 is 0. The summed E-state index contributed by atoms with van der Waals surface area (Å²) in [7, 11) is 0. The van der Waals surface area contributed by atoms with E-state index in [0.717, 1.165) is 18.9 Å². The van der Waals surface area contributed by atoms with Gasteiger partial charge in [-0.05, 0) is 48.1 Å². The summed E-state index contributed by atoms with van der Waals surface area (Å²) in [6.45, 7) is 2.12. The highest BCUT2D eigenvalue weighted by atomic mass is 35.5. The zero-order chi connectivity index (χ0) is 14.5. The van der Waals surface area contributed by atoms with Crippen LogP contribution >= 0.6 is 12.4 Å². The van der Waals surface area contributed by atoms with E-state index >= 15 is 0 Å². The van der Waals surface area contributed by atoms with Crippen molar-refractivity contribution in [3.8, 4) is 0 Å². The van der Waals surface area contributed by atoms with Crippen molar-refractivity contribution in [1.29, 1.82) is 0 Å². The van der Waals surface area contributed by atoms with Crippen molar-refractivity contribution in [2.75, 3.05) is 19.6 Å². The molecule has 1 fully saturated rings. The lowest BCUT2D eigenvalue weighted by Crippen LogP contribution is -2.35. The number of halogens is 1. The second kappa shape index (κ2) is 8.16. The lowest BCUT2D eigenvalue weighted by molar-refractivity contribution is -0.120. The number of nitrogens with one attached hydrogen (secondary N) is 2. The first-order chi connectivity index (χ1) is 10.3. The molecule has 118 valence electrons. The van der Waals surface area contributed by atoms with Crippen molar-refractivity contribution in [2.24, 2.45) is 5.92 Å². The van der Waals surface area contributed by atoms with E-state index < -0.39 is 0 Å². The third-order valence-corrected chi connectivity index (χ3v) is 3.97. The van der Waals surface area contributed by atoms with E-state index in [4.69, 9.17) is 0 Å². The molecule has 2 aromatic rings. The number of benzene rings is 2. The fourth-order valence-electron chi connectivity index (χ4n) is 2.51. The Morgan fingerprint density at radius 2 is 1.86 bits per heavy atom. The molecule has 1 aliphatic carbocycles. The number of rotatable bonds is 7. The molecule has 0 unspecified atom stereocenters. The second-order valence-electron chi connectivity index (χ2n) is 5.86. The van der Waals surface area contributed by atoms with Crippen LogP contribution in [0.3, 0.4) is 0 Å². The summed E-state index contributed by atoms with van der Waals surface area (Å²) in [5.74, 6) is 0.909. The van der Waals surface area contributed by atoms with E-state index in [-0.39, 0.29) is 18.3 Å². The average molecular weight is 319 g/mol. The van der Waals surface area contributed by atoms with Gasteiger partial charge >= 0.3 is 0 Å². The van der Waals surface area contributed by atoms with E-state index in [1.807, 2.05) is 0 Å². The van der Waals surface area contributed by atoms with Crippen LogP contribution in [0.5, 0.6) is 0 Å². The fraction of sp³-hybridized carbons (Fsp3) is 0.389. The minimum Gasteiger partial charge on any atom is -0.355 e. The van der Waals surface area contributed by atoms with Crippen molar-refractivity contribution >= 4 is 29.1 Å². The number of hydrogen-bond donors (Lipinski definition) is 2. The largest absolute Gasteiger partial charge is 0.355 e. The minimum atomic E-state index is 0. The van der Waals surface area contributed by atoms with Crippen LogP contribution in [0, 0.1) is 5.92 Å². The van der Waals surface area contributed by atoms with Crippen molar-refractivity contribution in [1.82, 2.24) is 10.6 Å². The van der Waals surface area contributed by atoms with Gasteiger partial charge in [0.2, 0.25) is 5.91 Å². The van der Waals surface area contributed by atoms with Crippen LogP contribution in [0.1, 0.15) is 18.4 Å². The predicted octanol–water partition coefficient (Wildman–Crippen LogP) is 2.92. The zero-order valence-corrected chi connectivity index (χ0v) is 13.5. The van der Waals surface area contributed by atoms with E-state index in [2.05, 4.69) is 53.1 Å². The Hall–Kier alpha value is -1.58. The number of hydrogen-bond acceptors (Lipinski definition) is 2. The van der Waals surface area contributed by atoms with E-state index in [1.165, 1.54) is 29.2 Å². The van der Waals surface area contributed by atoms with Crippen molar-refractivity contribution in [3.63, 3.8) is 0 Å². The Bertz CT molecular complexity index is 625. The number of carbonyl (C=O) groups is 1. The molecule has 1 saturated carbocycles. The third kappa shape index (κ3) is 5.00. The first kappa shape index (κ1) is 16.8. The van der Waals surface area contributed by atoms with Crippen LogP contribution in [0.25, 0.3) is 10.8 Å². The molecule has 2 N–H and O–H groups in total. The summed E-state index contributed by atoms with van der Waals surface area (Å²) in [4.78, 5) is 11.7. The highest BCUT2D eigenvalue weighted by Crippen LogP contribution is 2.27. The number of amides is 1. The van der Waals surface area contributed by atoms with Crippen molar-refractivity contribution in [3.05, 3.63) is 48.0 Å².